The number of rotatable bonds is 9. The van der Waals surface area contributed by atoms with Gasteiger partial charge in [0, 0.05) is 25.9 Å². The molecule has 1 amide bonds. The topological polar surface area (TPSA) is 164 Å². The van der Waals surface area contributed by atoms with E-state index in [2.05, 4.69) is 6.07 Å². The summed E-state index contributed by atoms with van der Waals surface area (Å²) < 4.78 is 44.7. The third kappa shape index (κ3) is 8.33. The number of nitrogens with zero attached hydrogens (tertiary/aromatic N) is 3. The number of carbonyl (C=O) groups is 3. The lowest BCUT2D eigenvalue weighted by Crippen LogP contribution is -2.44. The van der Waals surface area contributed by atoms with Crippen LogP contribution in [0.5, 0.6) is 5.75 Å². The summed E-state index contributed by atoms with van der Waals surface area (Å²) in [6, 6.07) is 10.8. The summed E-state index contributed by atoms with van der Waals surface area (Å²) in [5.41, 5.74) is 0.893. The normalized spacial score (nSPS) is 17.1. The second kappa shape index (κ2) is 13.6. The van der Waals surface area contributed by atoms with Crippen LogP contribution >= 0.6 is 0 Å². The predicted molar refractivity (Wildman–Crippen MR) is 165 cm³/mol. The van der Waals surface area contributed by atoms with E-state index in [1.165, 1.54) is 12.1 Å². The molecule has 12 nitrogen and oxygen atoms in total. The van der Waals surface area contributed by atoms with Crippen molar-refractivity contribution in [1.82, 2.24) is 4.90 Å². The molecule has 1 unspecified atom stereocenters. The molecule has 240 valence electrons. The van der Waals surface area contributed by atoms with Crippen LogP contribution in [-0.2, 0) is 30.7 Å². The van der Waals surface area contributed by atoms with E-state index in [0.717, 1.165) is 4.31 Å². The SMILES string of the molecule is CCOC(=O)CS(=O)(=O)N1c2cc(C(=O)O)c(OC3CCN(C(=O)OC(C)(C)C)CC3)cc2CC1/C=C/c1cccc(C#N)c1. The van der Waals surface area contributed by atoms with Crippen LogP contribution in [0.15, 0.2) is 42.5 Å². The Morgan fingerprint density at radius 3 is 2.47 bits per heavy atom. The molecule has 2 aromatic carbocycles. The minimum atomic E-state index is -4.30. The first-order valence-corrected chi connectivity index (χ1v) is 16.2. The molecule has 0 spiro atoms. The van der Waals surface area contributed by atoms with Gasteiger partial charge in [-0.1, -0.05) is 24.3 Å². The summed E-state index contributed by atoms with van der Waals surface area (Å²) in [5, 5.41) is 19.3. The van der Waals surface area contributed by atoms with E-state index < -0.39 is 45.5 Å². The second-order valence-electron chi connectivity index (χ2n) is 11.8. The summed E-state index contributed by atoms with van der Waals surface area (Å²) in [4.78, 5) is 38.7. The van der Waals surface area contributed by atoms with E-state index in [1.807, 2.05) is 0 Å². The Labute approximate surface area is 262 Å². The first-order valence-electron chi connectivity index (χ1n) is 14.6. The lowest BCUT2D eigenvalue weighted by molar-refractivity contribution is -0.139. The fraction of sp³-hybridized carbons (Fsp3) is 0.438. The highest BCUT2D eigenvalue weighted by Gasteiger charge is 2.39. The fourth-order valence-corrected chi connectivity index (χ4v) is 6.80. The number of hydrogen-bond acceptors (Lipinski definition) is 9. The van der Waals surface area contributed by atoms with Crippen molar-refractivity contribution in [2.75, 3.05) is 29.8 Å². The summed E-state index contributed by atoms with van der Waals surface area (Å²) in [7, 11) is -4.30. The molecule has 0 saturated carbocycles. The van der Waals surface area contributed by atoms with Crippen molar-refractivity contribution >= 4 is 39.8 Å². The van der Waals surface area contributed by atoms with Crippen molar-refractivity contribution in [3.8, 4) is 11.8 Å². The number of amides is 1. The maximum Gasteiger partial charge on any atom is 0.410 e. The molecule has 1 N–H and O–H groups in total. The lowest BCUT2D eigenvalue weighted by Gasteiger charge is -2.33. The fourth-order valence-electron chi connectivity index (χ4n) is 5.25. The number of carboxylic acid groups (broad SMARTS) is 1. The van der Waals surface area contributed by atoms with Gasteiger partial charge in [-0.15, -0.1) is 0 Å². The molecule has 0 radical (unpaired) electrons. The molecule has 1 saturated heterocycles. The minimum Gasteiger partial charge on any atom is -0.489 e. The van der Waals surface area contributed by atoms with Gasteiger partial charge in [-0.05, 0) is 69.5 Å². The first-order chi connectivity index (χ1) is 21.2. The third-order valence-electron chi connectivity index (χ3n) is 7.20. The Morgan fingerprint density at radius 2 is 1.84 bits per heavy atom. The molecular weight excluding hydrogens is 602 g/mol. The number of nitriles is 1. The van der Waals surface area contributed by atoms with Gasteiger partial charge in [0.15, 0.2) is 5.75 Å². The molecule has 0 bridgehead atoms. The molecule has 2 aliphatic rings. The molecule has 1 fully saturated rings. The molecule has 13 heteroatoms. The number of piperidine rings is 1. The lowest BCUT2D eigenvalue weighted by atomic mass is 10.0. The second-order valence-corrected chi connectivity index (χ2v) is 13.6. The van der Waals surface area contributed by atoms with Crippen LogP contribution in [0.2, 0.25) is 0 Å². The molecule has 0 aromatic heterocycles. The van der Waals surface area contributed by atoms with E-state index >= 15 is 0 Å². The van der Waals surface area contributed by atoms with Crippen molar-refractivity contribution < 1.29 is 42.1 Å². The molecule has 1 atom stereocenters. The number of sulfonamides is 1. The van der Waals surface area contributed by atoms with Crippen LogP contribution in [-0.4, -0.2) is 79.7 Å². The van der Waals surface area contributed by atoms with Crippen molar-refractivity contribution in [3.05, 3.63) is 64.7 Å². The summed E-state index contributed by atoms with van der Waals surface area (Å²) >= 11 is 0. The Balaban J connectivity index is 1.63. The molecule has 2 aliphatic heterocycles. The molecule has 0 aliphatic carbocycles. The Morgan fingerprint density at radius 1 is 1.13 bits per heavy atom. The number of esters is 1. The zero-order chi connectivity index (χ0) is 32.9. The number of aromatic carboxylic acids is 1. The maximum atomic E-state index is 13.6. The molecule has 4 rings (SSSR count). The number of anilines is 1. The zero-order valence-electron chi connectivity index (χ0n) is 25.7. The van der Waals surface area contributed by atoms with E-state index in [-0.39, 0.29) is 36.1 Å². The largest absolute Gasteiger partial charge is 0.489 e. The van der Waals surface area contributed by atoms with Gasteiger partial charge in [0.1, 0.15) is 23.0 Å². The number of likely N-dealkylation sites (tertiary alicyclic amines) is 1. The smallest absolute Gasteiger partial charge is 0.410 e. The summed E-state index contributed by atoms with van der Waals surface area (Å²) in [6.07, 6.45) is 3.59. The minimum absolute atomic E-state index is 0.00403. The number of ether oxygens (including phenoxy) is 3. The monoisotopic (exact) mass is 639 g/mol. The highest BCUT2D eigenvalue weighted by molar-refractivity contribution is 7.93. The highest BCUT2D eigenvalue weighted by atomic mass is 32.2. The van der Waals surface area contributed by atoms with E-state index in [9.17, 15) is 33.2 Å². The van der Waals surface area contributed by atoms with Gasteiger partial charge in [-0.3, -0.25) is 9.10 Å². The molecule has 45 heavy (non-hydrogen) atoms. The van der Waals surface area contributed by atoms with E-state index in [4.69, 9.17) is 14.2 Å². The van der Waals surface area contributed by atoms with Crippen molar-refractivity contribution in [3.63, 3.8) is 0 Å². The Bertz CT molecular complexity index is 1630. The average molecular weight is 640 g/mol. The van der Waals surface area contributed by atoms with Crippen LogP contribution in [0.1, 0.15) is 67.6 Å². The van der Waals surface area contributed by atoms with Gasteiger partial charge in [0.05, 0.1) is 30.0 Å². The standard InChI is InChI=1S/C32H37N3O9S/c1-5-42-29(36)20-45(40,41)35-24(10-9-21-7-6-8-22(15-21)19-33)16-23-17-28(26(30(37)38)18-27(23)35)43-25-11-13-34(14-12-25)31(39)44-32(2,3)4/h6-10,15,17-18,24-25H,5,11-14,16,20H2,1-4H3,(H,37,38)/b10-9+. The van der Waals surface area contributed by atoms with Crippen molar-refractivity contribution in [2.24, 2.45) is 0 Å². The predicted octanol–water partition coefficient (Wildman–Crippen LogP) is 4.37. The van der Waals surface area contributed by atoms with Gasteiger partial charge in [0.25, 0.3) is 0 Å². The van der Waals surface area contributed by atoms with E-state index in [1.54, 1.807) is 69.0 Å². The van der Waals surface area contributed by atoms with E-state index in [0.29, 0.717) is 42.6 Å². The third-order valence-corrected chi connectivity index (χ3v) is 8.87. The molecular formula is C32H37N3O9S. The van der Waals surface area contributed by atoms with Crippen LogP contribution in [0, 0.1) is 11.3 Å². The van der Waals surface area contributed by atoms with Crippen LogP contribution in [0.25, 0.3) is 6.08 Å². The van der Waals surface area contributed by atoms with Gasteiger partial charge in [-0.25, -0.2) is 18.0 Å². The Kier molecular flexibility index (Phi) is 10.1. The molecule has 2 heterocycles. The highest BCUT2D eigenvalue weighted by Crippen LogP contribution is 2.40. The number of fused-ring (bicyclic) bond motifs is 1. The number of benzene rings is 2. The van der Waals surface area contributed by atoms with Crippen LogP contribution in [0.3, 0.4) is 0 Å². The number of carbonyl (C=O) groups excluding carboxylic acids is 2. The average Bonchev–Trinajstić information content (AvgIpc) is 3.33. The Hall–Kier alpha value is -4.57. The zero-order valence-corrected chi connectivity index (χ0v) is 26.5. The summed E-state index contributed by atoms with van der Waals surface area (Å²) in [5.74, 6) is -3.07. The quantitative estimate of drug-likeness (QED) is 0.390. The first kappa shape index (κ1) is 33.3. The maximum absolute atomic E-state index is 13.6. The van der Waals surface area contributed by atoms with Gasteiger partial charge in [0.2, 0.25) is 10.0 Å². The number of carboxylic acids is 1. The van der Waals surface area contributed by atoms with Gasteiger partial charge in [-0.2, -0.15) is 5.26 Å². The summed E-state index contributed by atoms with van der Waals surface area (Å²) in [6.45, 7) is 7.68. The van der Waals surface area contributed by atoms with Crippen molar-refractivity contribution in [1.29, 1.82) is 5.26 Å². The van der Waals surface area contributed by atoms with Crippen LogP contribution < -0.4 is 9.04 Å². The molecule has 2 aromatic rings. The number of hydrogen-bond donors (Lipinski definition) is 1. The van der Waals surface area contributed by atoms with Gasteiger partial charge < -0.3 is 24.2 Å². The van der Waals surface area contributed by atoms with Crippen LogP contribution in [0.4, 0.5) is 10.5 Å². The van der Waals surface area contributed by atoms with Crippen molar-refractivity contribution in [2.45, 2.75) is 64.7 Å². The van der Waals surface area contributed by atoms with Gasteiger partial charge >= 0.3 is 18.0 Å².